The molecule has 1 aliphatic rings. The molecule has 0 spiro atoms. The van der Waals surface area contributed by atoms with E-state index in [4.69, 9.17) is 9.47 Å². The van der Waals surface area contributed by atoms with Crippen molar-refractivity contribution in [3.63, 3.8) is 0 Å². The first kappa shape index (κ1) is 18.8. The Morgan fingerprint density at radius 3 is 2.58 bits per heavy atom. The van der Waals surface area contributed by atoms with Crippen LogP contribution in [0.5, 0.6) is 5.75 Å². The average Bonchev–Trinajstić information content (AvgIpc) is 3.05. The van der Waals surface area contributed by atoms with E-state index in [0.717, 1.165) is 55.5 Å². The van der Waals surface area contributed by atoms with Crippen LogP contribution in [0.4, 0.5) is 5.69 Å². The quantitative estimate of drug-likeness (QED) is 0.740. The van der Waals surface area contributed by atoms with E-state index in [1.165, 1.54) is 0 Å². The minimum atomic E-state index is -0.643. The molecule has 0 bridgehead atoms. The predicted molar refractivity (Wildman–Crippen MR) is 97.6 cm³/mol. The molecule has 0 saturated heterocycles. The molecule has 4 nitrogen and oxygen atoms in total. The van der Waals surface area contributed by atoms with Crippen molar-refractivity contribution in [2.24, 2.45) is 0 Å². The summed E-state index contributed by atoms with van der Waals surface area (Å²) in [5.74, 6) is 0.864. The number of carbonyl (C=O) groups is 1. The molecule has 134 valence electrons. The Balaban J connectivity index is 2.06. The molecule has 0 heterocycles. The Morgan fingerprint density at radius 2 is 2.00 bits per heavy atom. The number of amides is 1. The Morgan fingerprint density at radius 1 is 1.29 bits per heavy atom. The third kappa shape index (κ3) is 4.50. The van der Waals surface area contributed by atoms with Gasteiger partial charge in [-0.15, -0.1) is 0 Å². The van der Waals surface area contributed by atoms with E-state index in [1.807, 2.05) is 25.1 Å². The monoisotopic (exact) mass is 333 g/mol. The van der Waals surface area contributed by atoms with E-state index in [0.29, 0.717) is 6.61 Å². The lowest BCUT2D eigenvalue weighted by atomic mass is 10.0. The fourth-order valence-corrected chi connectivity index (χ4v) is 3.08. The lowest BCUT2D eigenvalue weighted by molar-refractivity contribution is -0.140. The molecule has 1 aromatic rings. The third-order valence-electron chi connectivity index (χ3n) is 4.74. The van der Waals surface area contributed by atoms with Crippen molar-refractivity contribution in [2.45, 2.75) is 77.9 Å². The minimum Gasteiger partial charge on any atom is -0.490 e. The highest BCUT2D eigenvalue weighted by Gasteiger charge is 2.42. The zero-order valence-electron chi connectivity index (χ0n) is 15.5. The van der Waals surface area contributed by atoms with Crippen molar-refractivity contribution in [1.82, 2.24) is 0 Å². The average molecular weight is 333 g/mol. The Labute approximate surface area is 145 Å². The van der Waals surface area contributed by atoms with Crippen LogP contribution in [-0.4, -0.2) is 24.2 Å². The van der Waals surface area contributed by atoms with Gasteiger partial charge in [0.05, 0.1) is 6.10 Å². The second kappa shape index (κ2) is 8.52. The number of benzene rings is 1. The van der Waals surface area contributed by atoms with Gasteiger partial charge in [0.25, 0.3) is 5.91 Å². The van der Waals surface area contributed by atoms with Crippen LogP contribution in [0.3, 0.4) is 0 Å². The molecule has 1 amide bonds. The second-order valence-corrected chi connectivity index (χ2v) is 6.82. The van der Waals surface area contributed by atoms with Crippen LogP contribution in [-0.2, 0) is 9.53 Å². The molecule has 1 atom stereocenters. The number of rotatable bonds is 8. The summed E-state index contributed by atoms with van der Waals surface area (Å²) >= 11 is 0. The molecular weight excluding hydrogens is 302 g/mol. The fraction of sp³-hybridized carbons (Fsp3) is 0.650. The molecule has 2 rings (SSSR count). The van der Waals surface area contributed by atoms with Gasteiger partial charge in [-0.05, 0) is 76.1 Å². The summed E-state index contributed by atoms with van der Waals surface area (Å²) in [4.78, 5) is 12.8. The number of aryl methyl sites for hydroxylation is 1. The van der Waals surface area contributed by atoms with E-state index < -0.39 is 5.60 Å². The van der Waals surface area contributed by atoms with E-state index in [-0.39, 0.29) is 12.0 Å². The topological polar surface area (TPSA) is 47.6 Å². The molecule has 0 aromatic heterocycles. The van der Waals surface area contributed by atoms with Gasteiger partial charge in [0.1, 0.15) is 11.4 Å². The van der Waals surface area contributed by atoms with E-state index >= 15 is 0 Å². The van der Waals surface area contributed by atoms with Gasteiger partial charge < -0.3 is 14.8 Å². The van der Waals surface area contributed by atoms with Crippen LogP contribution in [0.25, 0.3) is 0 Å². The van der Waals surface area contributed by atoms with Crippen LogP contribution in [0.2, 0.25) is 0 Å². The van der Waals surface area contributed by atoms with E-state index in [1.54, 1.807) is 0 Å². The van der Waals surface area contributed by atoms with Gasteiger partial charge in [0.2, 0.25) is 0 Å². The van der Waals surface area contributed by atoms with Gasteiger partial charge in [0, 0.05) is 12.3 Å². The van der Waals surface area contributed by atoms with E-state index in [2.05, 4.69) is 26.1 Å². The summed E-state index contributed by atoms with van der Waals surface area (Å²) in [5, 5.41) is 3.05. The van der Waals surface area contributed by atoms with Gasteiger partial charge in [0.15, 0.2) is 0 Å². The summed E-state index contributed by atoms with van der Waals surface area (Å²) < 4.78 is 11.8. The molecule has 1 saturated carbocycles. The first-order valence-electron chi connectivity index (χ1n) is 9.23. The van der Waals surface area contributed by atoms with Gasteiger partial charge in [-0.2, -0.15) is 0 Å². The van der Waals surface area contributed by atoms with Crippen molar-refractivity contribution in [2.75, 3.05) is 11.9 Å². The zero-order valence-corrected chi connectivity index (χ0v) is 15.5. The van der Waals surface area contributed by atoms with Gasteiger partial charge in [-0.25, -0.2) is 0 Å². The summed E-state index contributed by atoms with van der Waals surface area (Å²) in [5.41, 5.74) is 1.19. The van der Waals surface area contributed by atoms with Gasteiger partial charge in [-0.1, -0.05) is 13.8 Å². The number of hydrogen-bond acceptors (Lipinski definition) is 3. The molecule has 1 fully saturated rings. The van der Waals surface area contributed by atoms with E-state index in [9.17, 15) is 4.79 Å². The molecule has 0 radical (unpaired) electrons. The van der Waals surface area contributed by atoms with Crippen LogP contribution in [0.1, 0.15) is 64.9 Å². The number of ether oxygens (including phenoxy) is 2. The predicted octanol–water partition coefficient (Wildman–Crippen LogP) is 4.85. The molecule has 1 N–H and O–H groups in total. The highest BCUT2D eigenvalue weighted by Crippen LogP contribution is 2.35. The summed E-state index contributed by atoms with van der Waals surface area (Å²) in [6.07, 6.45) is 5.81. The molecule has 0 aliphatic heterocycles. The molecule has 0 unspecified atom stereocenters. The maximum atomic E-state index is 12.8. The molecule has 4 heteroatoms. The van der Waals surface area contributed by atoms with Crippen molar-refractivity contribution in [3.05, 3.63) is 23.8 Å². The Bertz CT molecular complexity index is 550. The first-order valence-corrected chi connectivity index (χ1v) is 9.23. The van der Waals surface area contributed by atoms with Gasteiger partial charge in [-0.3, -0.25) is 4.79 Å². The summed E-state index contributed by atoms with van der Waals surface area (Å²) in [6, 6.07) is 5.81. The number of anilines is 1. The maximum absolute atomic E-state index is 12.8. The normalized spacial score (nSPS) is 17.5. The zero-order chi connectivity index (χ0) is 17.6. The van der Waals surface area contributed by atoms with Crippen molar-refractivity contribution >= 4 is 11.6 Å². The number of hydrogen-bond donors (Lipinski definition) is 1. The lowest BCUT2D eigenvalue weighted by Crippen LogP contribution is -2.43. The summed E-state index contributed by atoms with van der Waals surface area (Å²) in [6.45, 7) is 8.87. The minimum absolute atomic E-state index is 0.0107. The fourth-order valence-electron chi connectivity index (χ4n) is 3.08. The number of carbonyl (C=O) groups excluding carboxylic acids is 1. The largest absolute Gasteiger partial charge is 0.490 e. The van der Waals surface area contributed by atoms with Crippen LogP contribution >= 0.6 is 0 Å². The van der Waals surface area contributed by atoms with Crippen molar-refractivity contribution in [3.8, 4) is 5.75 Å². The third-order valence-corrected chi connectivity index (χ3v) is 4.74. The van der Waals surface area contributed by atoms with Crippen LogP contribution in [0, 0.1) is 6.92 Å². The van der Waals surface area contributed by atoms with Crippen molar-refractivity contribution in [1.29, 1.82) is 0 Å². The SMILES string of the molecule is CCCOC1(C(=O)Nc2ccc(O[C@@H](C)CC)c(C)c2)CCCC1. The molecule has 1 aromatic carbocycles. The highest BCUT2D eigenvalue weighted by atomic mass is 16.5. The van der Waals surface area contributed by atoms with Gasteiger partial charge >= 0.3 is 0 Å². The van der Waals surface area contributed by atoms with Crippen LogP contribution < -0.4 is 10.1 Å². The summed E-state index contributed by atoms with van der Waals surface area (Å²) in [7, 11) is 0. The Hall–Kier alpha value is -1.55. The Kier molecular flexibility index (Phi) is 6.67. The standard InChI is InChI=1S/C20H31NO3/c1-5-13-23-20(11-7-8-12-20)19(22)21-17-9-10-18(15(3)14-17)24-16(4)6-2/h9-10,14,16H,5-8,11-13H2,1-4H3,(H,21,22)/t16-/m0/s1. The smallest absolute Gasteiger partial charge is 0.256 e. The van der Waals surface area contributed by atoms with Crippen molar-refractivity contribution < 1.29 is 14.3 Å². The van der Waals surface area contributed by atoms with Crippen LogP contribution in [0.15, 0.2) is 18.2 Å². The highest BCUT2D eigenvalue weighted by molar-refractivity contribution is 5.97. The number of nitrogens with one attached hydrogen (secondary N) is 1. The molecule has 24 heavy (non-hydrogen) atoms. The maximum Gasteiger partial charge on any atom is 0.256 e. The molecule has 1 aliphatic carbocycles. The lowest BCUT2D eigenvalue weighted by Gasteiger charge is -2.28. The molecular formula is C20H31NO3. The first-order chi connectivity index (χ1) is 11.5. The second-order valence-electron chi connectivity index (χ2n) is 6.82.